The van der Waals surface area contributed by atoms with E-state index in [1.807, 2.05) is 89.8 Å². The Labute approximate surface area is 292 Å². The van der Waals surface area contributed by atoms with Crippen molar-refractivity contribution in [2.24, 2.45) is 5.92 Å². The standard InChI is InChI=1S/C38H35N3O4S3/c1-23-19-20-27-32(21-23)48-36(33(27)37(43)45-2)40-35(42)34(24-11-4-3-5-12-24)46-26-14-10-13-25(22-26)39-38(44)41-28-15-6-8-17-30(28)47-31-18-9-7-16-29(31)41/h3-18,22-23,28,30,34H,19-21H2,1-2H3,(H,39,44)(H,40,42). The minimum atomic E-state index is -0.619. The minimum absolute atomic E-state index is 0.111. The summed E-state index contributed by atoms with van der Waals surface area (Å²) in [6.45, 7) is 2.21. The predicted molar refractivity (Wildman–Crippen MR) is 197 cm³/mol. The number of nitrogens with zero attached hydrogens (tertiary/aromatic N) is 1. The topological polar surface area (TPSA) is 87.7 Å². The molecule has 4 atom stereocenters. The Kier molecular flexibility index (Phi) is 9.48. The molecule has 0 radical (unpaired) electrons. The number of fused-ring (bicyclic) bond motifs is 3. The molecule has 10 heteroatoms. The van der Waals surface area contributed by atoms with Crippen LogP contribution in [0.2, 0.25) is 0 Å². The molecule has 0 fully saturated rings. The zero-order valence-corrected chi connectivity index (χ0v) is 29.0. The van der Waals surface area contributed by atoms with Crippen LogP contribution < -0.4 is 15.5 Å². The number of carbonyl (C=O) groups excluding carboxylic acids is 3. The summed E-state index contributed by atoms with van der Waals surface area (Å²) >= 11 is 4.64. The number of thioether (sulfide) groups is 2. The number of anilines is 3. The van der Waals surface area contributed by atoms with Crippen LogP contribution in [0.1, 0.15) is 45.0 Å². The number of hydrogen-bond acceptors (Lipinski definition) is 7. The molecule has 1 aromatic heterocycles. The van der Waals surface area contributed by atoms with Gasteiger partial charge >= 0.3 is 12.0 Å². The SMILES string of the molecule is COC(=O)c1c(NC(=O)C(Sc2cccc(NC(=O)N3c4ccccc4SC4C=CC=CC43)c2)c2ccccc2)sc2c1CCC(C)C2. The normalized spacial score (nSPS) is 19.8. The average molecular weight is 694 g/mol. The summed E-state index contributed by atoms with van der Waals surface area (Å²) in [5.41, 5.74) is 3.81. The van der Waals surface area contributed by atoms with Crippen molar-refractivity contribution < 1.29 is 19.1 Å². The molecule has 244 valence electrons. The highest BCUT2D eigenvalue weighted by Crippen LogP contribution is 2.45. The van der Waals surface area contributed by atoms with Gasteiger partial charge in [0.2, 0.25) is 5.91 Å². The lowest BCUT2D eigenvalue weighted by Crippen LogP contribution is -2.49. The lowest BCUT2D eigenvalue weighted by atomic mass is 9.88. The molecule has 7 nitrogen and oxygen atoms in total. The highest BCUT2D eigenvalue weighted by molar-refractivity contribution is 8.00. The first-order valence-electron chi connectivity index (χ1n) is 16.0. The Morgan fingerprint density at radius 3 is 2.58 bits per heavy atom. The van der Waals surface area contributed by atoms with Crippen LogP contribution >= 0.6 is 34.9 Å². The second-order valence-electron chi connectivity index (χ2n) is 12.1. The number of nitrogens with one attached hydrogen (secondary N) is 2. The fraction of sp³-hybridized carbons (Fsp3) is 0.237. The number of methoxy groups -OCH3 is 1. The smallest absolute Gasteiger partial charge is 0.341 e. The summed E-state index contributed by atoms with van der Waals surface area (Å²) in [4.78, 5) is 45.8. The second-order valence-corrected chi connectivity index (χ2v) is 15.6. The number of hydrogen-bond donors (Lipinski definition) is 2. The zero-order chi connectivity index (χ0) is 33.2. The van der Waals surface area contributed by atoms with Gasteiger partial charge in [0.25, 0.3) is 0 Å². The number of ether oxygens (including phenoxy) is 1. The molecular weight excluding hydrogens is 659 g/mol. The molecule has 0 saturated heterocycles. The number of amides is 3. The highest BCUT2D eigenvalue weighted by Gasteiger charge is 2.37. The van der Waals surface area contributed by atoms with Crippen molar-refractivity contribution in [1.29, 1.82) is 0 Å². The maximum atomic E-state index is 14.1. The molecule has 0 spiro atoms. The maximum Gasteiger partial charge on any atom is 0.341 e. The van der Waals surface area contributed by atoms with Gasteiger partial charge in [-0.15, -0.1) is 34.9 Å². The molecule has 3 aromatic carbocycles. The summed E-state index contributed by atoms with van der Waals surface area (Å²) in [6, 6.07) is 24.8. The Bertz CT molecular complexity index is 1920. The minimum Gasteiger partial charge on any atom is -0.465 e. The quantitative estimate of drug-likeness (QED) is 0.148. The lowest BCUT2D eigenvalue weighted by molar-refractivity contribution is -0.115. The lowest BCUT2D eigenvalue weighted by Gasteiger charge is -2.40. The fourth-order valence-corrected chi connectivity index (χ4v) is 10.2. The van der Waals surface area contributed by atoms with Gasteiger partial charge in [-0.2, -0.15) is 0 Å². The van der Waals surface area contributed by atoms with E-state index in [-0.39, 0.29) is 23.2 Å². The van der Waals surface area contributed by atoms with Crippen molar-refractivity contribution in [3.8, 4) is 0 Å². The summed E-state index contributed by atoms with van der Waals surface area (Å²) in [6.07, 6.45) is 10.9. The largest absolute Gasteiger partial charge is 0.465 e. The first kappa shape index (κ1) is 32.3. The van der Waals surface area contributed by atoms with Gasteiger partial charge in [-0.05, 0) is 66.6 Å². The monoisotopic (exact) mass is 693 g/mol. The number of thiophene rings is 1. The summed E-state index contributed by atoms with van der Waals surface area (Å²) < 4.78 is 5.15. The first-order valence-corrected chi connectivity index (χ1v) is 18.5. The van der Waals surface area contributed by atoms with E-state index in [0.29, 0.717) is 22.2 Å². The summed E-state index contributed by atoms with van der Waals surface area (Å²) in [5, 5.41) is 6.28. The van der Waals surface area contributed by atoms with Gasteiger partial charge in [0.15, 0.2) is 0 Å². The number of benzene rings is 3. The van der Waals surface area contributed by atoms with Crippen molar-refractivity contribution in [2.75, 3.05) is 22.6 Å². The fourth-order valence-electron chi connectivity index (χ4n) is 6.43. The predicted octanol–water partition coefficient (Wildman–Crippen LogP) is 9.14. The molecule has 4 unspecified atom stereocenters. The molecule has 48 heavy (non-hydrogen) atoms. The third-order valence-corrected chi connectivity index (χ3v) is 12.5. The van der Waals surface area contributed by atoms with Crippen LogP contribution in [-0.4, -0.2) is 36.3 Å². The number of para-hydroxylation sites is 1. The van der Waals surface area contributed by atoms with Crippen molar-refractivity contribution >= 4 is 69.1 Å². The molecule has 4 aromatic rings. The number of urea groups is 1. The van der Waals surface area contributed by atoms with Gasteiger partial charge in [0.05, 0.1) is 29.7 Å². The number of allylic oxidation sites excluding steroid dienone is 2. The Balaban J connectivity index is 1.14. The van der Waals surface area contributed by atoms with Crippen LogP contribution in [0.25, 0.3) is 0 Å². The van der Waals surface area contributed by atoms with Crippen LogP contribution in [0, 0.1) is 5.92 Å². The third-order valence-electron chi connectivity index (χ3n) is 8.78. The van der Waals surface area contributed by atoms with Gasteiger partial charge in [0, 0.05) is 20.4 Å². The molecule has 3 aliphatic rings. The van der Waals surface area contributed by atoms with E-state index < -0.39 is 11.2 Å². The van der Waals surface area contributed by atoms with Gasteiger partial charge in [-0.1, -0.05) is 79.8 Å². The van der Waals surface area contributed by atoms with Crippen LogP contribution in [-0.2, 0) is 22.4 Å². The number of carbonyl (C=O) groups is 3. The van der Waals surface area contributed by atoms with Gasteiger partial charge in [-0.3, -0.25) is 9.69 Å². The first-order chi connectivity index (χ1) is 23.4. The Morgan fingerprint density at radius 2 is 1.75 bits per heavy atom. The van der Waals surface area contributed by atoms with Crippen LogP contribution in [0.3, 0.4) is 0 Å². The molecule has 2 aliphatic carbocycles. The van der Waals surface area contributed by atoms with Crippen LogP contribution in [0.4, 0.5) is 21.2 Å². The second kappa shape index (κ2) is 14.1. The van der Waals surface area contributed by atoms with Crippen molar-refractivity contribution in [3.05, 3.63) is 125 Å². The van der Waals surface area contributed by atoms with E-state index in [9.17, 15) is 14.4 Å². The third kappa shape index (κ3) is 6.57. The van der Waals surface area contributed by atoms with Crippen molar-refractivity contribution in [2.45, 2.75) is 52.5 Å². The van der Waals surface area contributed by atoms with Gasteiger partial charge in [0.1, 0.15) is 10.3 Å². The van der Waals surface area contributed by atoms with Crippen LogP contribution in [0.15, 0.2) is 113 Å². The molecule has 7 rings (SSSR count). The van der Waals surface area contributed by atoms with Crippen molar-refractivity contribution in [1.82, 2.24) is 0 Å². The van der Waals surface area contributed by atoms with Crippen LogP contribution in [0.5, 0.6) is 0 Å². The average Bonchev–Trinajstić information content (AvgIpc) is 3.46. The number of esters is 1. The molecule has 0 bridgehead atoms. The maximum absolute atomic E-state index is 14.1. The van der Waals surface area contributed by atoms with E-state index in [2.05, 4.69) is 35.8 Å². The van der Waals surface area contributed by atoms with Gasteiger partial charge < -0.3 is 15.4 Å². The van der Waals surface area contributed by atoms with E-state index in [1.165, 1.54) is 30.2 Å². The van der Waals surface area contributed by atoms with Crippen molar-refractivity contribution in [3.63, 3.8) is 0 Å². The van der Waals surface area contributed by atoms with E-state index in [1.54, 1.807) is 11.8 Å². The molecule has 1 aliphatic heterocycles. The zero-order valence-electron chi connectivity index (χ0n) is 26.6. The summed E-state index contributed by atoms with van der Waals surface area (Å²) in [7, 11) is 1.38. The number of rotatable bonds is 7. The van der Waals surface area contributed by atoms with Gasteiger partial charge in [-0.25, -0.2) is 9.59 Å². The Hall–Kier alpha value is -4.25. The molecule has 2 N–H and O–H groups in total. The molecule has 3 amide bonds. The highest BCUT2D eigenvalue weighted by atomic mass is 32.2. The van der Waals surface area contributed by atoms with E-state index in [0.717, 1.165) is 50.7 Å². The van der Waals surface area contributed by atoms with E-state index in [4.69, 9.17) is 4.74 Å². The summed E-state index contributed by atoms with van der Waals surface area (Å²) in [5.74, 6) is -0.139. The molecule has 0 saturated carbocycles. The molecule has 2 heterocycles. The Morgan fingerprint density at radius 1 is 0.958 bits per heavy atom. The molecular formula is C38H35N3O4S3. The van der Waals surface area contributed by atoms with E-state index >= 15 is 0 Å².